The average molecular weight is 302 g/mol. The molecule has 0 atom stereocenters. The van der Waals surface area contributed by atoms with E-state index in [0.29, 0.717) is 22.8 Å². The molecule has 1 N–H and O–H groups in total. The number of nitriles is 1. The normalized spacial score (nSPS) is 10.9. The van der Waals surface area contributed by atoms with Crippen LogP contribution >= 0.6 is 0 Å². The van der Waals surface area contributed by atoms with Gasteiger partial charge in [-0.3, -0.25) is 0 Å². The van der Waals surface area contributed by atoms with Gasteiger partial charge < -0.3 is 5.32 Å². The number of hydrogen-bond acceptors (Lipinski definition) is 6. The molecule has 1 aromatic heterocycles. The maximum Gasteiger partial charge on any atom is 0.175 e. The van der Waals surface area contributed by atoms with Crippen molar-refractivity contribution in [3.8, 4) is 6.07 Å². The molecule has 0 radical (unpaired) electrons. The van der Waals surface area contributed by atoms with E-state index < -0.39 is 9.84 Å². The topological polar surface area (TPSA) is 95.7 Å². The van der Waals surface area contributed by atoms with Gasteiger partial charge in [0.15, 0.2) is 15.5 Å². The van der Waals surface area contributed by atoms with E-state index in [4.69, 9.17) is 5.26 Å². The minimum atomic E-state index is -3.20. The maximum absolute atomic E-state index is 11.5. The third kappa shape index (κ3) is 3.77. The molecule has 21 heavy (non-hydrogen) atoms. The molecule has 0 amide bonds. The molecule has 6 nitrogen and oxygen atoms in total. The quantitative estimate of drug-likeness (QED) is 0.923. The predicted molar refractivity (Wildman–Crippen MR) is 78.4 cm³/mol. The Bertz CT molecular complexity index is 793. The van der Waals surface area contributed by atoms with Crippen molar-refractivity contribution in [2.75, 3.05) is 11.6 Å². The fourth-order valence-corrected chi connectivity index (χ4v) is 2.88. The summed E-state index contributed by atoms with van der Waals surface area (Å²) in [6.07, 6.45) is 1.19. The smallest absolute Gasteiger partial charge is 0.175 e. The van der Waals surface area contributed by atoms with Crippen LogP contribution in [0.5, 0.6) is 0 Å². The van der Waals surface area contributed by atoms with Gasteiger partial charge in [-0.25, -0.2) is 8.42 Å². The largest absolute Gasteiger partial charge is 0.365 e. The summed E-state index contributed by atoms with van der Waals surface area (Å²) in [5.74, 6) is 0.554. The molecule has 0 saturated heterocycles. The first-order valence-corrected chi connectivity index (χ1v) is 8.06. The molecule has 0 fully saturated rings. The molecule has 0 aliphatic rings. The molecule has 1 aromatic carbocycles. The van der Waals surface area contributed by atoms with Gasteiger partial charge in [-0.2, -0.15) is 5.26 Å². The second-order valence-electron chi connectivity index (χ2n) is 4.64. The highest BCUT2D eigenvalue weighted by atomic mass is 32.2. The Balaban J connectivity index is 2.10. The molecule has 2 aromatic rings. The second kappa shape index (κ2) is 5.89. The van der Waals surface area contributed by atoms with Gasteiger partial charge in [0.25, 0.3) is 0 Å². The third-order valence-electron chi connectivity index (χ3n) is 2.89. The van der Waals surface area contributed by atoms with Crippen molar-refractivity contribution in [1.29, 1.82) is 5.26 Å². The lowest BCUT2D eigenvalue weighted by Gasteiger charge is -2.08. The molecule has 1 heterocycles. The highest BCUT2D eigenvalue weighted by Crippen LogP contribution is 2.17. The summed E-state index contributed by atoms with van der Waals surface area (Å²) in [6.45, 7) is 2.26. The van der Waals surface area contributed by atoms with Crippen LogP contribution < -0.4 is 5.32 Å². The maximum atomic E-state index is 11.5. The number of benzene rings is 1. The van der Waals surface area contributed by atoms with Crippen LogP contribution in [0.4, 0.5) is 5.82 Å². The van der Waals surface area contributed by atoms with E-state index in [1.807, 2.05) is 12.1 Å². The summed E-state index contributed by atoms with van der Waals surface area (Å²) in [5, 5.41) is 19.3. The zero-order valence-electron chi connectivity index (χ0n) is 11.7. The fraction of sp³-hybridized carbons (Fsp3) is 0.214. The second-order valence-corrected chi connectivity index (χ2v) is 6.63. The van der Waals surface area contributed by atoms with Gasteiger partial charge >= 0.3 is 0 Å². The van der Waals surface area contributed by atoms with Gasteiger partial charge in [-0.15, -0.1) is 10.2 Å². The molecule has 7 heteroatoms. The molecule has 0 aliphatic carbocycles. The standard InChI is InChI=1S/C14H14N4O2S/c1-10-7-11(3-5-13(10)21(2,19)20)9-16-14-6-4-12(8-15)17-18-14/h3-7H,9H2,1-2H3,(H,16,18). The van der Waals surface area contributed by atoms with E-state index in [1.165, 1.54) is 6.26 Å². The van der Waals surface area contributed by atoms with Crippen LogP contribution in [0.3, 0.4) is 0 Å². The van der Waals surface area contributed by atoms with E-state index in [2.05, 4.69) is 15.5 Å². The van der Waals surface area contributed by atoms with Crippen LogP contribution in [-0.4, -0.2) is 24.9 Å². The first-order chi connectivity index (χ1) is 9.90. The Kier molecular flexibility index (Phi) is 4.19. The Morgan fingerprint density at radius 1 is 1.24 bits per heavy atom. The average Bonchev–Trinajstić information content (AvgIpc) is 2.44. The first kappa shape index (κ1) is 14.9. The number of nitrogens with one attached hydrogen (secondary N) is 1. The number of aryl methyl sites for hydroxylation is 1. The Morgan fingerprint density at radius 3 is 2.52 bits per heavy atom. The van der Waals surface area contributed by atoms with Crippen LogP contribution in [0.25, 0.3) is 0 Å². The molecule has 0 spiro atoms. The minimum absolute atomic E-state index is 0.258. The first-order valence-electron chi connectivity index (χ1n) is 6.17. The zero-order valence-corrected chi connectivity index (χ0v) is 12.5. The monoisotopic (exact) mass is 302 g/mol. The summed E-state index contributed by atoms with van der Waals surface area (Å²) in [7, 11) is -3.20. The summed E-state index contributed by atoms with van der Waals surface area (Å²) < 4.78 is 23.1. The van der Waals surface area contributed by atoms with Crippen LogP contribution in [-0.2, 0) is 16.4 Å². The Morgan fingerprint density at radius 2 is 2.00 bits per heavy atom. The van der Waals surface area contributed by atoms with Gasteiger partial charge in [0.05, 0.1) is 4.90 Å². The molecule has 108 valence electrons. The SMILES string of the molecule is Cc1cc(CNc2ccc(C#N)nn2)ccc1S(C)(=O)=O. The van der Waals surface area contributed by atoms with Crippen LogP contribution in [0.2, 0.25) is 0 Å². The molecule has 0 saturated carbocycles. The Labute approximate surface area is 123 Å². The summed E-state index contributed by atoms with van der Waals surface area (Å²) in [5.41, 5.74) is 1.91. The van der Waals surface area contributed by atoms with E-state index in [1.54, 1.807) is 31.2 Å². The lowest BCUT2D eigenvalue weighted by Crippen LogP contribution is -2.05. The van der Waals surface area contributed by atoms with Crippen molar-refractivity contribution in [3.05, 3.63) is 47.2 Å². The molecule has 0 aliphatic heterocycles. The summed E-state index contributed by atoms with van der Waals surface area (Å²) in [4.78, 5) is 0.337. The number of sulfone groups is 1. The predicted octanol–water partition coefficient (Wildman–Crippen LogP) is 1.67. The lowest BCUT2D eigenvalue weighted by atomic mass is 10.1. The van der Waals surface area contributed by atoms with Gasteiger partial charge in [0.1, 0.15) is 11.9 Å². The fourth-order valence-electron chi connectivity index (χ4n) is 1.92. The highest BCUT2D eigenvalue weighted by Gasteiger charge is 2.10. The van der Waals surface area contributed by atoms with Gasteiger partial charge in [-0.05, 0) is 36.2 Å². The van der Waals surface area contributed by atoms with Gasteiger partial charge in [0.2, 0.25) is 0 Å². The number of nitrogens with zero attached hydrogens (tertiary/aromatic N) is 3. The highest BCUT2D eigenvalue weighted by molar-refractivity contribution is 7.90. The van der Waals surface area contributed by atoms with Crippen molar-refractivity contribution in [1.82, 2.24) is 10.2 Å². The van der Waals surface area contributed by atoms with E-state index in [-0.39, 0.29) is 5.69 Å². The minimum Gasteiger partial charge on any atom is -0.365 e. The van der Waals surface area contributed by atoms with Crippen molar-refractivity contribution in [3.63, 3.8) is 0 Å². The number of hydrogen-bond donors (Lipinski definition) is 1. The Hall–Kier alpha value is -2.46. The zero-order chi connectivity index (χ0) is 15.5. The van der Waals surface area contributed by atoms with Crippen LogP contribution in [0, 0.1) is 18.3 Å². The van der Waals surface area contributed by atoms with E-state index in [9.17, 15) is 8.42 Å². The molecular formula is C14H14N4O2S. The van der Waals surface area contributed by atoms with Crippen molar-refractivity contribution in [2.24, 2.45) is 0 Å². The van der Waals surface area contributed by atoms with Crippen molar-refractivity contribution in [2.45, 2.75) is 18.4 Å². The summed E-state index contributed by atoms with van der Waals surface area (Å²) in [6, 6.07) is 10.3. The van der Waals surface area contributed by atoms with Gasteiger partial charge in [-0.1, -0.05) is 12.1 Å². The van der Waals surface area contributed by atoms with Crippen molar-refractivity contribution >= 4 is 15.7 Å². The van der Waals surface area contributed by atoms with Crippen LogP contribution in [0.15, 0.2) is 35.2 Å². The molecular weight excluding hydrogens is 288 g/mol. The van der Waals surface area contributed by atoms with Crippen LogP contribution in [0.1, 0.15) is 16.8 Å². The molecule has 2 rings (SSSR count). The number of anilines is 1. The number of rotatable bonds is 4. The number of aromatic nitrogens is 2. The molecule has 0 bridgehead atoms. The lowest BCUT2D eigenvalue weighted by molar-refractivity contribution is 0.601. The third-order valence-corrected chi connectivity index (χ3v) is 4.15. The van der Waals surface area contributed by atoms with Crippen molar-refractivity contribution < 1.29 is 8.42 Å². The molecule has 0 unspecified atom stereocenters. The van der Waals surface area contributed by atoms with E-state index >= 15 is 0 Å². The van der Waals surface area contributed by atoms with E-state index in [0.717, 1.165) is 5.56 Å². The summed E-state index contributed by atoms with van der Waals surface area (Å²) >= 11 is 0. The van der Waals surface area contributed by atoms with Gasteiger partial charge in [0, 0.05) is 12.8 Å².